The van der Waals surface area contributed by atoms with Gasteiger partial charge in [-0.1, -0.05) is 11.6 Å². The molecule has 0 aliphatic carbocycles. The van der Waals surface area contributed by atoms with Crippen molar-refractivity contribution in [2.75, 3.05) is 0 Å². The molecule has 0 saturated heterocycles. The van der Waals surface area contributed by atoms with Gasteiger partial charge in [-0.05, 0) is 22.0 Å². The Kier molecular flexibility index (Phi) is 3.91. The van der Waals surface area contributed by atoms with Gasteiger partial charge in [-0.2, -0.15) is 0 Å². The Hall–Kier alpha value is 0.0200. The quantitative estimate of drug-likeness (QED) is 0.612. The van der Waals surface area contributed by atoms with Gasteiger partial charge in [0.25, 0.3) is 15.5 Å². The lowest BCUT2D eigenvalue weighted by molar-refractivity contribution is 0.149. The standard InChI is InChI=1S/C6H2BrCl2F2NO2S/c7-4-2(6(10)11)1-3(5(8)12-4)15(9,13)14/h1,6H. The van der Waals surface area contributed by atoms with E-state index in [9.17, 15) is 17.2 Å². The molecule has 84 valence electrons. The van der Waals surface area contributed by atoms with Crippen LogP contribution in [0.15, 0.2) is 15.6 Å². The molecule has 0 unspecified atom stereocenters. The molecular weight excluding hydrogens is 339 g/mol. The van der Waals surface area contributed by atoms with E-state index in [0.29, 0.717) is 6.07 Å². The molecule has 0 atom stereocenters. The molecule has 1 aromatic heterocycles. The van der Waals surface area contributed by atoms with Gasteiger partial charge in [0.1, 0.15) is 14.7 Å². The minimum absolute atomic E-state index is 0.216. The molecule has 0 amide bonds. The Morgan fingerprint density at radius 2 is 2.00 bits per heavy atom. The molecule has 0 aliphatic rings. The third-order valence-corrected chi connectivity index (χ3v) is 3.79. The summed E-state index contributed by atoms with van der Waals surface area (Å²) in [4.78, 5) is 2.76. The minimum atomic E-state index is -4.18. The van der Waals surface area contributed by atoms with E-state index in [-0.39, 0.29) is 4.60 Å². The highest BCUT2D eigenvalue weighted by atomic mass is 79.9. The number of hydrogen-bond acceptors (Lipinski definition) is 3. The van der Waals surface area contributed by atoms with Crippen LogP contribution in [-0.4, -0.2) is 13.4 Å². The van der Waals surface area contributed by atoms with Gasteiger partial charge in [-0.15, -0.1) is 0 Å². The molecule has 1 heterocycles. The molecule has 3 nitrogen and oxygen atoms in total. The fraction of sp³-hybridized carbons (Fsp3) is 0.167. The van der Waals surface area contributed by atoms with Crippen LogP contribution in [0.25, 0.3) is 0 Å². The van der Waals surface area contributed by atoms with E-state index in [4.69, 9.17) is 22.3 Å². The van der Waals surface area contributed by atoms with E-state index < -0.39 is 31.1 Å². The SMILES string of the molecule is O=S(=O)(Cl)c1cc(C(F)F)c(Br)nc1Cl. The van der Waals surface area contributed by atoms with Crippen molar-refractivity contribution in [2.45, 2.75) is 11.3 Å². The van der Waals surface area contributed by atoms with Crippen molar-refractivity contribution in [3.8, 4) is 0 Å². The second-order valence-electron chi connectivity index (χ2n) is 2.40. The number of nitrogens with zero attached hydrogens (tertiary/aromatic N) is 1. The normalized spacial score (nSPS) is 12.1. The zero-order valence-electron chi connectivity index (χ0n) is 6.72. The highest BCUT2D eigenvalue weighted by Crippen LogP contribution is 2.32. The monoisotopic (exact) mass is 339 g/mol. The number of halogens is 5. The summed E-state index contributed by atoms with van der Waals surface area (Å²) >= 11 is 8.18. The van der Waals surface area contributed by atoms with Gasteiger partial charge in [-0.3, -0.25) is 0 Å². The van der Waals surface area contributed by atoms with Crippen molar-refractivity contribution in [2.24, 2.45) is 0 Å². The number of aromatic nitrogens is 1. The highest BCUT2D eigenvalue weighted by molar-refractivity contribution is 9.10. The van der Waals surface area contributed by atoms with Gasteiger partial charge < -0.3 is 0 Å². The lowest BCUT2D eigenvalue weighted by Gasteiger charge is -2.05. The first-order chi connectivity index (χ1) is 6.73. The molecule has 0 aliphatic heterocycles. The maximum absolute atomic E-state index is 12.4. The molecule has 0 radical (unpaired) electrons. The molecular formula is C6H2BrCl2F2NO2S. The van der Waals surface area contributed by atoms with E-state index in [1.807, 2.05) is 0 Å². The van der Waals surface area contributed by atoms with Crippen molar-refractivity contribution < 1.29 is 17.2 Å². The van der Waals surface area contributed by atoms with Crippen molar-refractivity contribution in [3.63, 3.8) is 0 Å². The van der Waals surface area contributed by atoms with Crippen LogP contribution in [0.4, 0.5) is 8.78 Å². The third kappa shape index (κ3) is 2.99. The van der Waals surface area contributed by atoms with Crippen molar-refractivity contribution >= 4 is 47.3 Å². The average Bonchev–Trinajstić information content (AvgIpc) is 2.00. The first-order valence-electron chi connectivity index (χ1n) is 3.32. The van der Waals surface area contributed by atoms with Gasteiger partial charge in [0.2, 0.25) is 0 Å². The van der Waals surface area contributed by atoms with Crippen LogP contribution >= 0.6 is 38.2 Å². The topological polar surface area (TPSA) is 47.0 Å². The van der Waals surface area contributed by atoms with E-state index in [0.717, 1.165) is 0 Å². The fourth-order valence-electron chi connectivity index (χ4n) is 0.790. The van der Waals surface area contributed by atoms with E-state index in [1.54, 1.807) is 0 Å². The summed E-state index contributed by atoms with van der Waals surface area (Å²) < 4.78 is 46.4. The molecule has 1 rings (SSSR count). The average molecular weight is 341 g/mol. The first kappa shape index (κ1) is 13.1. The predicted molar refractivity (Wildman–Crippen MR) is 54.9 cm³/mol. The maximum atomic E-state index is 12.4. The molecule has 0 N–H and O–H groups in total. The summed E-state index contributed by atoms with van der Waals surface area (Å²) in [6.45, 7) is 0. The molecule has 1 aromatic rings. The summed E-state index contributed by atoms with van der Waals surface area (Å²) in [6.07, 6.45) is -2.87. The molecule has 0 spiro atoms. The minimum Gasteiger partial charge on any atom is -0.227 e. The number of alkyl halides is 2. The van der Waals surface area contributed by atoms with Gasteiger partial charge in [0, 0.05) is 10.7 Å². The van der Waals surface area contributed by atoms with E-state index in [1.165, 1.54) is 0 Å². The van der Waals surface area contributed by atoms with Crippen LogP contribution in [0.2, 0.25) is 5.15 Å². The number of rotatable bonds is 2. The zero-order valence-corrected chi connectivity index (χ0v) is 10.6. The second kappa shape index (κ2) is 4.48. The molecule has 15 heavy (non-hydrogen) atoms. The Balaban J connectivity index is 3.50. The summed E-state index contributed by atoms with van der Waals surface area (Å²) in [5.41, 5.74) is -0.585. The lowest BCUT2D eigenvalue weighted by atomic mass is 10.3. The summed E-state index contributed by atoms with van der Waals surface area (Å²) in [7, 11) is 0.798. The van der Waals surface area contributed by atoms with Crippen LogP contribution in [0.3, 0.4) is 0 Å². The molecule has 0 saturated carbocycles. The Labute approximate surface area is 102 Å². The van der Waals surface area contributed by atoms with Gasteiger partial charge in [0.05, 0.1) is 5.56 Å². The van der Waals surface area contributed by atoms with Crippen LogP contribution in [0.1, 0.15) is 12.0 Å². The third-order valence-electron chi connectivity index (χ3n) is 1.42. The Morgan fingerprint density at radius 1 is 1.47 bits per heavy atom. The van der Waals surface area contributed by atoms with E-state index >= 15 is 0 Å². The van der Waals surface area contributed by atoms with Gasteiger partial charge in [-0.25, -0.2) is 22.2 Å². The summed E-state index contributed by atoms with van der Waals surface area (Å²) in [6, 6.07) is 0.687. The van der Waals surface area contributed by atoms with Crippen LogP contribution in [0.5, 0.6) is 0 Å². The largest absolute Gasteiger partial charge is 0.266 e. The fourth-order valence-corrected chi connectivity index (χ4v) is 2.79. The van der Waals surface area contributed by atoms with Crippen LogP contribution in [-0.2, 0) is 9.05 Å². The predicted octanol–water partition coefficient (Wildman–Crippen LogP) is 3.36. The molecule has 9 heteroatoms. The summed E-state index contributed by atoms with van der Waals surface area (Å²) in [5.74, 6) is 0. The second-order valence-corrected chi connectivity index (χ2v) is 6.04. The van der Waals surface area contributed by atoms with Gasteiger partial charge >= 0.3 is 0 Å². The van der Waals surface area contributed by atoms with Crippen molar-refractivity contribution in [1.82, 2.24) is 4.98 Å². The Bertz CT molecular complexity index is 494. The molecule has 0 aromatic carbocycles. The zero-order chi connectivity index (χ0) is 11.8. The van der Waals surface area contributed by atoms with Crippen molar-refractivity contribution in [3.05, 3.63) is 21.4 Å². The van der Waals surface area contributed by atoms with Gasteiger partial charge in [0.15, 0.2) is 0 Å². The smallest absolute Gasteiger partial charge is 0.227 e. The van der Waals surface area contributed by atoms with Crippen LogP contribution < -0.4 is 0 Å². The molecule has 0 fully saturated rings. The van der Waals surface area contributed by atoms with Crippen LogP contribution in [0, 0.1) is 0 Å². The van der Waals surface area contributed by atoms with E-state index in [2.05, 4.69) is 20.9 Å². The summed E-state index contributed by atoms with van der Waals surface area (Å²) in [5, 5.41) is -0.457. The lowest BCUT2D eigenvalue weighted by Crippen LogP contribution is -1.99. The number of hydrogen-bond donors (Lipinski definition) is 0. The van der Waals surface area contributed by atoms with Crippen molar-refractivity contribution in [1.29, 1.82) is 0 Å². The maximum Gasteiger partial charge on any atom is 0.266 e. The molecule has 0 bridgehead atoms. The Morgan fingerprint density at radius 3 is 2.40 bits per heavy atom. The first-order valence-corrected chi connectivity index (χ1v) is 6.80. The number of pyridine rings is 1. The highest BCUT2D eigenvalue weighted by Gasteiger charge is 2.22.